The fourth-order valence-electron chi connectivity index (χ4n) is 1.27. The van der Waals surface area contributed by atoms with E-state index in [9.17, 15) is 0 Å². The second kappa shape index (κ2) is 2.95. The van der Waals surface area contributed by atoms with Crippen LogP contribution in [0.25, 0.3) is 6.08 Å². The lowest BCUT2D eigenvalue weighted by molar-refractivity contribution is 1.02. The Hall–Kier alpha value is -0.750. The molecule has 1 aliphatic rings. The highest BCUT2D eigenvalue weighted by Crippen LogP contribution is 2.38. The normalized spacial score (nSPS) is 24.5. The van der Waals surface area contributed by atoms with Gasteiger partial charge in [-0.15, -0.1) is 0 Å². The summed E-state index contributed by atoms with van der Waals surface area (Å²) in [5.41, 5.74) is 2.82. The maximum absolute atomic E-state index is 5.77. The third-order valence-electron chi connectivity index (χ3n) is 2.24. The molecule has 1 aromatic carbocycles. The van der Waals surface area contributed by atoms with Gasteiger partial charge < -0.3 is 0 Å². The number of hydrogen-bond acceptors (Lipinski definition) is 0. The lowest BCUT2D eigenvalue weighted by Gasteiger charge is -1.91. The Balaban J connectivity index is 2.20. The molecule has 1 aromatic rings. The molecule has 62 valence electrons. The van der Waals surface area contributed by atoms with Crippen molar-refractivity contribution in [2.45, 2.75) is 13.3 Å². The molecule has 0 nitrogen and oxygen atoms in total. The van der Waals surface area contributed by atoms with E-state index in [4.69, 9.17) is 11.6 Å². The van der Waals surface area contributed by atoms with Gasteiger partial charge >= 0.3 is 0 Å². The van der Waals surface area contributed by atoms with E-state index in [2.05, 4.69) is 25.1 Å². The van der Waals surface area contributed by atoms with E-state index in [1.54, 1.807) is 5.57 Å². The molecular formula is C11H11Cl. The SMILES string of the molecule is CC1C/C1=C/c1ccc(Cl)cc1. The quantitative estimate of drug-likeness (QED) is 0.614. The van der Waals surface area contributed by atoms with Gasteiger partial charge in [0.05, 0.1) is 0 Å². The molecule has 1 atom stereocenters. The lowest BCUT2D eigenvalue weighted by atomic mass is 10.2. The van der Waals surface area contributed by atoms with E-state index >= 15 is 0 Å². The van der Waals surface area contributed by atoms with Gasteiger partial charge in [0.1, 0.15) is 0 Å². The zero-order valence-electron chi connectivity index (χ0n) is 7.05. The van der Waals surface area contributed by atoms with E-state index < -0.39 is 0 Å². The Morgan fingerprint density at radius 1 is 1.33 bits per heavy atom. The summed E-state index contributed by atoms with van der Waals surface area (Å²) in [4.78, 5) is 0. The number of hydrogen-bond donors (Lipinski definition) is 0. The van der Waals surface area contributed by atoms with Crippen LogP contribution >= 0.6 is 11.6 Å². The topological polar surface area (TPSA) is 0 Å². The third-order valence-corrected chi connectivity index (χ3v) is 2.49. The number of allylic oxidation sites excluding steroid dienone is 1. The van der Waals surface area contributed by atoms with Gasteiger partial charge in [-0.2, -0.15) is 0 Å². The minimum atomic E-state index is 0.806. The highest BCUT2D eigenvalue weighted by molar-refractivity contribution is 6.30. The summed E-state index contributed by atoms with van der Waals surface area (Å²) < 4.78 is 0. The zero-order valence-corrected chi connectivity index (χ0v) is 7.81. The van der Waals surface area contributed by atoms with Gasteiger partial charge in [0, 0.05) is 5.02 Å². The van der Waals surface area contributed by atoms with Crippen molar-refractivity contribution in [3.63, 3.8) is 0 Å². The molecule has 1 unspecified atom stereocenters. The molecule has 0 amide bonds. The molecule has 0 saturated heterocycles. The average molecular weight is 179 g/mol. The van der Waals surface area contributed by atoms with E-state index in [1.807, 2.05) is 12.1 Å². The zero-order chi connectivity index (χ0) is 8.55. The van der Waals surface area contributed by atoms with Crippen LogP contribution in [0.3, 0.4) is 0 Å². The van der Waals surface area contributed by atoms with Crippen LogP contribution in [-0.4, -0.2) is 0 Å². The Bertz CT molecular complexity index is 308. The number of benzene rings is 1. The molecule has 1 fully saturated rings. The van der Waals surface area contributed by atoms with Crippen LogP contribution in [0.1, 0.15) is 18.9 Å². The Kier molecular flexibility index (Phi) is 1.93. The molecule has 1 heteroatoms. The summed E-state index contributed by atoms with van der Waals surface area (Å²) in [5.74, 6) is 0.806. The molecular weight excluding hydrogens is 168 g/mol. The van der Waals surface area contributed by atoms with Crippen molar-refractivity contribution in [1.82, 2.24) is 0 Å². The standard InChI is InChI=1S/C11H11Cl/c1-8-6-10(8)7-9-2-4-11(12)5-3-9/h2-5,7-8H,6H2,1H3/b10-7-. The second-order valence-corrected chi connectivity index (χ2v) is 3.81. The first kappa shape index (κ1) is 7.88. The number of rotatable bonds is 1. The molecule has 1 saturated carbocycles. The molecule has 0 aromatic heterocycles. The predicted molar refractivity (Wildman–Crippen MR) is 53.2 cm³/mol. The first-order chi connectivity index (χ1) is 5.75. The van der Waals surface area contributed by atoms with Crippen molar-refractivity contribution in [1.29, 1.82) is 0 Å². The van der Waals surface area contributed by atoms with E-state index in [0.29, 0.717) is 0 Å². The van der Waals surface area contributed by atoms with Crippen molar-refractivity contribution >= 4 is 17.7 Å². The van der Waals surface area contributed by atoms with Gasteiger partial charge in [-0.05, 0) is 30.0 Å². The Morgan fingerprint density at radius 2 is 1.92 bits per heavy atom. The van der Waals surface area contributed by atoms with Crippen LogP contribution in [0.4, 0.5) is 0 Å². The largest absolute Gasteiger partial charge is 0.0843 e. The van der Waals surface area contributed by atoms with Crippen molar-refractivity contribution in [3.05, 3.63) is 40.4 Å². The lowest BCUT2D eigenvalue weighted by Crippen LogP contribution is -1.69. The van der Waals surface area contributed by atoms with Gasteiger partial charge in [0.25, 0.3) is 0 Å². The van der Waals surface area contributed by atoms with Crippen molar-refractivity contribution in [2.24, 2.45) is 5.92 Å². The first-order valence-electron chi connectivity index (χ1n) is 4.22. The molecule has 12 heavy (non-hydrogen) atoms. The van der Waals surface area contributed by atoms with Gasteiger partial charge in [0.15, 0.2) is 0 Å². The smallest absolute Gasteiger partial charge is 0.0406 e. The minimum Gasteiger partial charge on any atom is -0.0843 e. The second-order valence-electron chi connectivity index (χ2n) is 3.38. The van der Waals surface area contributed by atoms with E-state index in [1.165, 1.54) is 12.0 Å². The van der Waals surface area contributed by atoms with Gasteiger partial charge in [0.2, 0.25) is 0 Å². The monoisotopic (exact) mass is 178 g/mol. The van der Waals surface area contributed by atoms with Crippen LogP contribution in [0.2, 0.25) is 5.02 Å². The molecule has 0 radical (unpaired) electrons. The van der Waals surface area contributed by atoms with E-state index in [0.717, 1.165) is 10.9 Å². The third kappa shape index (κ3) is 1.70. The van der Waals surface area contributed by atoms with E-state index in [-0.39, 0.29) is 0 Å². The maximum Gasteiger partial charge on any atom is 0.0406 e. The van der Waals surface area contributed by atoms with Gasteiger partial charge in [-0.1, -0.05) is 42.3 Å². The molecule has 0 N–H and O–H groups in total. The van der Waals surface area contributed by atoms with Crippen molar-refractivity contribution in [2.75, 3.05) is 0 Å². The van der Waals surface area contributed by atoms with Gasteiger partial charge in [-0.25, -0.2) is 0 Å². The summed E-state index contributed by atoms with van der Waals surface area (Å²) in [7, 11) is 0. The highest BCUT2D eigenvalue weighted by atomic mass is 35.5. The van der Waals surface area contributed by atoms with Crippen molar-refractivity contribution in [3.8, 4) is 0 Å². The summed E-state index contributed by atoms with van der Waals surface area (Å²) in [6, 6.07) is 7.97. The van der Waals surface area contributed by atoms with Crippen LogP contribution in [0.15, 0.2) is 29.8 Å². The van der Waals surface area contributed by atoms with Crippen LogP contribution < -0.4 is 0 Å². The predicted octanol–water partition coefficient (Wildman–Crippen LogP) is 3.76. The maximum atomic E-state index is 5.77. The molecule has 1 aliphatic carbocycles. The van der Waals surface area contributed by atoms with Crippen LogP contribution in [0, 0.1) is 5.92 Å². The number of halogens is 1. The molecule has 0 spiro atoms. The highest BCUT2D eigenvalue weighted by Gasteiger charge is 2.23. The molecule has 0 aliphatic heterocycles. The Morgan fingerprint density at radius 3 is 2.42 bits per heavy atom. The van der Waals surface area contributed by atoms with Crippen LogP contribution in [-0.2, 0) is 0 Å². The first-order valence-corrected chi connectivity index (χ1v) is 4.59. The summed E-state index contributed by atoms with van der Waals surface area (Å²) >= 11 is 5.77. The summed E-state index contributed by atoms with van der Waals surface area (Å²) in [6.07, 6.45) is 3.52. The molecule has 0 heterocycles. The molecule has 2 rings (SSSR count). The summed E-state index contributed by atoms with van der Waals surface area (Å²) in [6.45, 7) is 2.25. The Labute approximate surface area is 77.9 Å². The summed E-state index contributed by atoms with van der Waals surface area (Å²) in [5, 5.41) is 0.806. The van der Waals surface area contributed by atoms with Crippen LogP contribution in [0.5, 0.6) is 0 Å². The fraction of sp³-hybridized carbons (Fsp3) is 0.273. The van der Waals surface area contributed by atoms with Crippen molar-refractivity contribution < 1.29 is 0 Å². The average Bonchev–Trinajstić information content (AvgIpc) is 2.72. The minimum absolute atomic E-state index is 0.806. The molecule has 0 bridgehead atoms. The fourth-order valence-corrected chi connectivity index (χ4v) is 1.39. The van der Waals surface area contributed by atoms with Gasteiger partial charge in [-0.3, -0.25) is 0 Å².